The molecular weight excluding hydrogens is 326 g/mol. The number of hydrogen-bond donors (Lipinski definition) is 0. The van der Waals surface area contributed by atoms with Crippen molar-refractivity contribution in [3.8, 4) is 0 Å². The smallest absolute Gasteiger partial charge is 0.225 e. The Hall–Kier alpha value is -2.57. The highest BCUT2D eigenvalue weighted by Gasteiger charge is 2.28. The Balaban J connectivity index is 1.56. The average molecular weight is 346 g/mol. The van der Waals surface area contributed by atoms with Gasteiger partial charge >= 0.3 is 0 Å². The zero-order valence-corrected chi connectivity index (χ0v) is 14.0. The molecule has 0 spiro atoms. The first kappa shape index (κ1) is 17.3. The summed E-state index contributed by atoms with van der Waals surface area (Å²) in [7, 11) is 1.65. The fraction of sp³-hybridized carbons (Fsp3) is 0.389. The van der Waals surface area contributed by atoms with Gasteiger partial charge < -0.3 is 9.80 Å². The van der Waals surface area contributed by atoms with Crippen LogP contribution < -0.4 is 4.90 Å². The lowest BCUT2D eigenvalue weighted by Crippen LogP contribution is -2.41. The van der Waals surface area contributed by atoms with Crippen molar-refractivity contribution < 1.29 is 13.6 Å². The van der Waals surface area contributed by atoms with Crippen LogP contribution in [0.1, 0.15) is 18.4 Å². The van der Waals surface area contributed by atoms with E-state index in [0.717, 1.165) is 25.0 Å². The number of piperidine rings is 1. The van der Waals surface area contributed by atoms with E-state index < -0.39 is 11.6 Å². The summed E-state index contributed by atoms with van der Waals surface area (Å²) >= 11 is 0. The van der Waals surface area contributed by atoms with Gasteiger partial charge in [0, 0.05) is 56.6 Å². The van der Waals surface area contributed by atoms with E-state index in [1.54, 1.807) is 25.6 Å². The largest absolute Gasteiger partial charge is 0.355 e. The van der Waals surface area contributed by atoms with Gasteiger partial charge in [-0.3, -0.25) is 9.78 Å². The Morgan fingerprint density at radius 3 is 2.68 bits per heavy atom. The molecule has 1 aliphatic rings. The Bertz CT molecular complexity index is 733. The number of anilines is 1. The van der Waals surface area contributed by atoms with Gasteiger partial charge in [-0.2, -0.15) is 0 Å². The van der Waals surface area contributed by atoms with Crippen molar-refractivity contribution in [2.75, 3.05) is 25.0 Å². The lowest BCUT2D eigenvalue weighted by molar-refractivity contribution is -0.135. The molecule has 1 saturated heterocycles. The normalized spacial score (nSPS) is 15.2. The van der Waals surface area contributed by atoms with Crippen LogP contribution in [0.2, 0.25) is 0 Å². The molecule has 1 fully saturated rings. The van der Waals surface area contributed by atoms with Crippen LogP contribution in [-0.4, -0.2) is 40.9 Å². The second-order valence-electron chi connectivity index (χ2n) is 6.25. The van der Waals surface area contributed by atoms with Crippen molar-refractivity contribution >= 4 is 11.7 Å². The summed E-state index contributed by atoms with van der Waals surface area (Å²) in [6, 6.07) is 3.42. The van der Waals surface area contributed by atoms with Crippen LogP contribution in [0.25, 0.3) is 0 Å². The van der Waals surface area contributed by atoms with Gasteiger partial charge in [0.05, 0.1) is 6.20 Å². The van der Waals surface area contributed by atoms with E-state index in [-0.39, 0.29) is 18.4 Å². The minimum absolute atomic E-state index is 0.0116. The van der Waals surface area contributed by atoms with Crippen LogP contribution in [0.15, 0.2) is 36.8 Å². The molecule has 1 amide bonds. The summed E-state index contributed by atoms with van der Waals surface area (Å²) in [5, 5.41) is 0. The van der Waals surface area contributed by atoms with Crippen molar-refractivity contribution in [2.24, 2.45) is 5.92 Å². The number of benzene rings is 1. The fourth-order valence-electron chi connectivity index (χ4n) is 3.11. The Kier molecular flexibility index (Phi) is 5.21. The number of carbonyl (C=O) groups excluding carboxylic acids is 1. The molecule has 25 heavy (non-hydrogen) atoms. The minimum atomic E-state index is -0.628. The van der Waals surface area contributed by atoms with Crippen LogP contribution in [-0.2, 0) is 11.3 Å². The lowest BCUT2D eigenvalue weighted by atomic mass is 9.95. The van der Waals surface area contributed by atoms with Gasteiger partial charge in [-0.05, 0) is 18.9 Å². The maximum absolute atomic E-state index is 13.8. The average Bonchev–Trinajstić information content (AvgIpc) is 2.64. The summed E-state index contributed by atoms with van der Waals surface area (Å²) in [5.74, 6) is -0.539. The molecule has 0 bridgehead atoms. The summed E-state index contributed by atoms with van der Waals surface area (Å²) in [4.78, 5) is 24.6. The predicted octanol–water partition coefficient (Wildman–Crippen LogP) is 2.63. The van der Waals surface area contributed by atoms with Gasteiger partial charge in [0.15, 0.2) is 0 Å². The monoisotopic (exact) mass is 346 g/mol. The van der Waals surface area contributed by atoms with Gasteiger partial charge in [-0.15, -0.1) is 0 Å². The molecule has 1 aromatic heterocycles. The number of rotatable bonds is 4. The maximum Gasteiger partial charge on any atom is 0.225 e. The third-order valence-corrected chi connectivity index (χ3v) is 4.52. The molecule has 5 nitrogen and oxygen atoms in total. The van der Waals surface area contributed by atoms with E-state index in [1.807, 2.05) is 0 Å². The molecule has 2 aromatic rings. The Morgan fingerprint density at radius 1 is 1.28 bits per heavy atom. The summed E-state index contributed by atoms with van der Waals surface area (Å²) < 4.78 is 26.7. The maximum atomic E-state index is 13.8. The summed E-state index contributed by atoms with van der Waals surface area (Å²) in [6.07, 6.45) is 6.42. The number of nitrogens with zero attached hydrogens (tertiary/aromatic N) is 4. The number of aromatic nitrogens is 2. The van der Waals surface area contributed by atoms with Crippen molar-refractivity contribution in [1.82, 2.24) is 14.9 Å². The summed E-state index contributed by atoms with van der Waals surface area (Å²) in [5.41, 5.74) is 0.314. The Morgan fingerprint density at radius 2 is 2.04 bits per heavy atom. The van der Waals surface area contributed by atoms with Crippen molar-refractivity contribution in [3.63, 3.8) is 0 Å². The molecule has 1 aliphatic heterocycles. The zero-order chi connectivity index (χ0) is 17.8. The summed E-state index contributed by atoms with van der Waals surface area (Å²) in [6.45, 7) is 1.59. The van der Waals surface area contributed by atoms with Gasteiger partial charge in [-0.25, -0.2) is 13.8 Å². The standard InChI is InChI=1S/C18H20F2N4O/c1-23(12-14-2-3-15(19)10-16(14)20)18(25)13-4-8-24(9-5-13)17-11-21-6-7-22-17/h2-3,6-7,10-11,13H,4-5,8-9,12H2,1H3. The van der Waals surface area contributed by atoms with E-state index in [2.05, 4.69) is 14.9 Å². The van der Waals surface area contributed by atoms with Gasteiger partial charge in [0.25, 0.3) is 0 Å². The van der Waals surface area contributed by atoms with Gasteiger partial charge in [0.1, 0.15) is 17.5 Å². The Labute approximate surface area is 145 Å². The molecule has 0 atom stereocenters. The molecule has 0 saturated carbocycles. The van der Waals surface area contributed by atoms with Crippen LogP contribution in [0.4, 0.5) is 14.6 Å². The molecular formula is C18H20F2N4O. The fourth-order valence-corrected chi connectivity index (χ4v) is 3.11. The van der Waals surface area contributed by atoms with Crippen LogP contribution in [0.3, 0.4) is 0 Å². The molecule has 0 aliphatic carbocycles. The van der Waals surface area contributed by atoms with Crippen LogP contribution >= 0.6 is 0 Å². The van der Waals surface area contributed by atoms with E-state index in [4.69, 9.17) is 0 Å². The van der Waals surface area contributed by atoms with E-state index in [0.29, 0.717) is 18.4 Å². The molecule has 1 aromatic carbocycles. The van der Waals surface area contributed by atoms with Crippen molar-refractivity contribution in [1.29, 1.82) is 0 Å². The van der Waals surface area contributed by atoms with E-state index in [1.165, 1.54) is 17.0 Å². The molecule has 132 valence electrons. The van der Waals surface area contributed by atoms with Crippen molar-refractivity contribution in [2.45, 2.75) is 19.4 Å². The number of amides is 1. The highest BCUT2D eigenvalue weighted by molar-refractivity contribution is 5.79. The van der Waals surface area contributed by atoms with Gasteiger partial charge in [0.2, 0.25) is 5.91 Å². The first-order chi connectivity index (χ1) is 12.0. The third-order valence-electron chi connectivity index (χ3n) is 4.52. The number of carbonyl (C=O) groups is 1. The highest BCUT2D eigenvalue weighted by Crippen LogP contribution is 2.23. The predicted molar refractivity (Wildman–Crippen MR) is 89.8 cm³/mol. The molecule has 3 rings (SSSR count). The van der Waals surface area contributed by atoms with Crippen molar-refractivity contribution in [3.05, 3.63) is 54.0 Å². The lowest BCUT2D eigenvalue weighted by Gasteiger charge is -2.33. The SMILES string of the molecule is CN(Cc1ccc(F)cc1F)C(=O)C1CCN(c2cnccn2)CC1. The van der Waals surface area contributed by atoms with Crippen LogP contribution in [0, 0.1) is 17.6 Å². The highest BCUT2D eigenvalue weighted by atomic mass is 19.1. The first-order valence-electron chi connectivity index (χ1n) is 8.24. The second kappa shape index (κ2) is 7.55. The van der Waals surface area contributed by atoms with E-state index in [9.17, 15) is 13.6 Å². The molecule has 7 heteroatoms. The topological polar surface area (TPSA) is 49.3 Å². The van der Waals surface area contributed by atoms with Crippen LogP contribution in [0.5, 0.6) is 0 Å². The molecule has 0 unspecified atom stereocenters. The molecule has 0 N–H and O–H groups in total. The molecule has 2 heterocycles. The zero-order valence-electron chi connectivity index (χ0n) is 14.0. The minimum Gasteiger partial charge on any atom is -0.355 e. The number of halogens is 2. The quantitative estimate of drug-likeness (QED) is 0.854. The second-order valence-corrected chi connectivity index (χ2v) is 6.25. The molecule has 0 radical (unpaired) electrons. The van der Waals surface area contributed by atoms with Gasteiger partial charge in [-0.1, -0.05) is 6.07 Å². The number of hydrogen-bond acceptors (Lipinski definition) is 4. The first-order valence-corrected chi connectivity index (χ1v) is 8.24. The van der Waals surface area contributed by atoms with E-state index >= 15 is 0 Å². The third kappa shape index (κ3) is 4.10.